The number of aryl methyl sites for hydroxylation is 1. The zero-order valence-electron chi connectivity index (χ0n) is 11.3. The normalized spacial score (nSPS) is 23.9. The summed E-state index contributed by atoms with van der Waals surface area (Å²) >= 11 is 0. The zero-order chi connectivity index (χ0) is 15.1. The van der Waals surface area contributed by atoms with Crippen molar-refractivity contribution >= 4 is 16.0 Å². The van der Waals surface area contributed by atoms with Crippen molar-refractivity contribution in [1.29, 1.82) is 0 Å². The second-order valence-corrected chi connectivity index (χ2v) is 7.31. The Morgan fingerprint density at radius 3 is 2.55 bits per heavy atom. The van der Waals surface area contributed by atoms with Gasteiger partial charge in [-0.2, -0.15) is 4.31 Å². The molecule has 0 amide bonds. The Kier molecular flexibility index (Phi) is 3.62. The molecule has 1 heterocycles. The molecule has 6 nitrogen and oxygen atoms in total. The number of rotatable bonds is 3. The summed E-state index contributed by atoms with van der Waals surface area (Å²) in [4.78, 5) is 11.0. The Hall–Kier alpha value is -1.44. The third-order valence-electron chi connectivity index (χ3n) is 3.49. The smallest absolute Gasteiger partial charge is 0.335 e. The SMILES string of the molecule is Cc1ccc(S(=O)(=O)N2CCC(C)(O)C2)cc1C(=O)O. The summed E-state index contributed by atoms with van der Waals surface area (Å²) in [5.74, 6) is -1.16. The number of aliphatic hydroxyl groups is 1. The van der Waals surface area contributed by atoms with Crippen molar-refractivity contribution in [2.24, 2.45) is 0 Å². The van der Waals surface area contributed by atoms with Gasteiger partial charge in [-0.05, 0) is 38.0 Å². The maximum absolute atomic E-state index is 12.4. The van der Waals surface area contributed by atoms with Gasteiger partial charge in [-0.15, -0.1) is 0 Å². The topological polar surface area (TPSA) is 94.9 Å². The largest absolute Gasteiger partial charge is 0.478 e. The summed E-state index contributed by atoms with van der Waals surface area (Å²) < 4.78 is 26.0. The molecule has 0 saturated carbocycles. The number of carboxylic acid groups (broad SMARTS) is 1. The Bertz CT molecular complexity index is 651. The van der Waals surface area contributed by atoms with Crippen molar-refractivity contribution in [2.75, 3.05) is 13.1 Å². The molecule has 0 radical (unpaired) electrons. The van der Waals surface area contributed by atoms with Crippen LogP contribution in [0.2, 0.25) is 0 Å². The molecular formula is C13H17NO5S. The minimum Gasteiger partial charge on any atom is -0.478 e. The molecule has 1 aromatic carbocycles. The van der Waals surface area contributed by atoms with Crippen molar-refractivity contribution in [2.45, 2.75) is 30.8 Å². The van der Waals surface area contributed by atoms with E-state index in [1.165, 1.54) is 22.5 Å². The van der Waals surface area contributed by atoms with E-state index < -0.39 is 21.6 Å². The van der Waals surface area contributed by atoms with Gasteiger partial charge in [-0.1, -0.05) is 6.07 Å². The fourth-order valence-corrected chi connectivity index (χ4v) is 3.83. The van der Waals surface area contributed by atoms with Crippen LogP contribution in [0.15, 0.2) is 23.1 Å². The van der Waals surface area contributed by atoms with Gasteiger partial charge in [0.1, 0.15) is 0 Å². The third-order valence-corrected chi connectivity index (χ3v) is 5.34. The summed E-state index contributed by atoms with van der Waals surface area (Å²) in [6, 6.07) is 4.04. The van der Waals surface area contributed by atoms with Gasteiger partial charge in [-0.25, -0.2) is 13.2 Å². The van der Waals surface area contributed by atoms with Crippen LogP contribution in [0.4, 0.5) is 0 Å². The highest BCUT2D eigenvalue weighted by Gasteiger charge is 2.38. The number of sulfonamides is 1. The fraction of sp³-hybridized carbons (Fsp3) is 0.462. The molecule has 1 fully saturated rings. The van der Waals surface area contributed by atoms with E-state index >= 15 is 0 Å². The van der Waals surface area contributed by atoms with Gasteiger partial charge >= 0.3 is 5.97 Å². The lowest BCUT2D eigenvalue weighted by atomic mass is 10.1. The van der Waals surface area contributed by atoms with Gasteiger partial charge in [0.15, 0.2) is 0 Å². The lowest BCUT2D eigenvalue weighted by Crippen LogP contribution is -2.34. The van der Waals surface area contributed by atoms with Crippen LogP contribution in [-0.2, 0) is 10.0 Å². The number of benzene rings is 1. The van der Waals surface area contributed by atoms with Gasteiger partial charge in [0.25, 0.3) is 0 Å². The first kappa shape index (κ1) is 15.0. The number of hydrogen-bond acceptors (Lipinski definition) is 4. The first-order chi connectivity index (χ1) is 9.13. The molecule has 1 saturated heterocycles. The second-order valence-electron chi connectivity index (χ2n) is 5.37. The third kappa shape index (κ3) is 2.70. The standard InChI is InChI=1S/C13H17NO5S/c1-9-3-4-10(7-11(9)12(15)16)20(18,19)14-6-5-13(2,17)8-14/h3-4,7,17H,5-6,8H2,1-2H3,(H,15,16). The Morgan fingerprint density at radius 1 is 1.40 bits per heavy atom. The van der Waals surface area contributed by atoms with E-state index in [0.717, 1.165) is 0 Å². The van der Waals surface area contributed by atoms with Gasteiger partial charge in [0.05, 0.1) is 16.1 Å². The molecule has 2 rings (SSSR count). The molecule has 0 aromatic heterocycles. The van der Waals surface area contributed by atoms with Crippen LogP contribution in [0.1, 0.15) is 29.3 Å². The highest BCUT2D eigenvalue weighted by atomic mass is 32.2. The van der Waals surface area contributed by atoms with Crippen LogP contribution >= 0.6 is 0 Å². The lowest BCUT2D eigenvalue weighted by molar-refractivity contribution is 0.0694. The molecular weight excluding hydrogens is 282 g/mol. The average molecular weight is 299 g/mol. The molecule has 7 heteroatoms. The van der Waals surface area contributed by atoms with Crippen LogP contribution < -0.4 is 0 Å². The lowest BCUT2D eigenvalue weighted by Gasteiger charge is -2.19. The summed E-state index contributed by atoms with van der Waals surface area (Å²) in [6.45, 7) is 3.44. The van der Waals surface area contributed by atoms with E-state index in [0.29, 0.717) is 12.0 Å². The van der Waals surface area contributed by atoms with Gasteiger partial charge < -0.3 is 10.2 Å². The van der Waals surface area contributed by atoms with E-state index in [4.69, 9.17) is 5.11 Å². The van der Waals surface area contributed by atoms with E-state index in [-0.39, 0.29) is 23.5 Å². The maximum atomic E-state index is 12.4. The minimum atomic E-state index is -3.77. The van der Waals surface area contributed by atoms with Crippen LogP contribution in [0.5, 0.6) is 0 Å². The van der Waals surface area contributed by atoms with Crippen LogP contribution in [0, 0.1) is 6.92 Å². The molecule has 2 N–H and O–H groups in total. The fourth-order valence-electron chi connectivity index (χ4n) is 2.25. The number of hydrogen-bond donors (Lipinski definition) is 2. The van der Waals surface area contributed by atoms with Crippen LogP contribution in [0.3, 0.4) is 0 Å². The molecule has 110 valence electrons. The first-order valence-corrected chi connectivity index (χ1v) is 7.64. The Labute approximate surface area is 117 Å². The molecule has 0 bridgehead atoms. The van der Waals surface area contributed by atoms with E-state index in [9.17, 15) is 18.3 Å². The predicted molar refractivity (Wildman–Crippen MR) is 72.1 cm³/mol. The number of nitrogens with zero attached hydrogens (tertiary/aromatic N) is 1. The second kappa shape index (κ2) is 4.83. The highest BCUT2D eigenvalue weighted by Crippen LogP contribution is 2.27. The van der Waals surface area contributed by atoms with Crippen molar-refractivity contribution in [1.82, 2.24) is 4.31 Å². The van der Waals surface area contributed by atoms with Crippen molar-refractivity contribution in [3.63, 3.8) is 0 Å². The van der Waals surface area contributed by atoms with Gasteiger partial charge in [-0.3, -0.25) is 0 Å². The molecule has 1 atom stereocenters. The summed E-state index contributed by atoms with van der Waals surface area (Å²) in [5, 5.41) is 18.9. The zero-order valence-corrected chi connectivity index (χ0v) is 12.1. The number of aromatic carboxylic acids is 1. The van der Waals surface area contributed by atoms with Crippen molar-refractivity contribution in [3.8, 4) is 0 Å². The van der Waals surface area contributed by atoms with Crippen molar-refractivity contribution < 1.29 is 23.4 Å². The van der Waals surface area contributed by atoms with Gasteiger partial charge in [0.2, 0.25) is 10.0 Å². The van der Waals surface area contributed by atoms with Gasteiger partial charge in [0, 0.05) is 13.1 Å². The van der Waals surface area contributed by atoms with E-state index in [1.54, 1.807) is 13.8 Å². The van der Waals surface area contributed by atoms with Crippen molar-refractivity contribution in [3.05, 3.63) is 29.3 Å². The Balaban J connectivity index is 2.41. The van der Waals surface area contributed by atoms with E-state index in [2.05, 4.69) is 0 Å². The maximum Gasteiger partial charge on any atom is 0.335 e. The monoisotopic (exact) mass is 299 g/mol. The molecule has 1 aromatic rings. The summed E-state index contributed by atoms with van der Waals surface area (Å²) in [6.07, 6.45) is 0.365. The first-order valence-electron chi connectivity index (χ1n) is 6.20. The van der Waals surface area contributed by atoms with Crippen LogP contribution in [0.25, 0.3) is 0 Å². The number of carbonyl (C=O) groups is 1. The molecule has 20 heavy (non-hydrogen) atoms. The molecule has 1 unspecified atom stereocenters. The summed E-state index contributed by atoms with van der Waals surface area (Å²) in [5.41, 5.74) is -0.560. The molecule has 1 aliphatic heterocycles. The number of carboxylic acids is 1. The van der Waals surface area contributed by atoms with E-state index in [1.807, 2.05) is 0 Å². The minimum absolute atomic E-state index is 0.0195. The highest BCUT2D eigenvalue weighted by molar-refractivity contribution is 7.89. The Morgan fingerprint density at radius 2 is 2.05 bits per heavy atom. The molecule has 0 aliphatic carbocycles. The molecule has 0 spiro atoms. The molecule has 1 aliphatic rings. The average Bonchev–Trinajstić information content (AvgIpc) is 2.70. The van der Waals surface area contributed by atoms with Crippen LogP contribution in [-0.4, -0.2) is 47.6 Å². The quantitative estimate of drug-likeness (QED) is 0.862. The number of β-amino-alcohol motifs (C(OH)–C–C–N with tert-alkyl or cyclic N) is 1. The predicted octanol–water partition coefficient (Wildman–Crippen LogP) is 0.839. The summed E-state index contributed by atoms with van der Waals surface area (Å²) in [7, 11) is -3.77.